The van der Waals surface area contributed by atoms with Gasteiger partial charge in [0.2, 0.25) is 0 Å². The second-order valence-corrected chi connectivity index (χ2v) is 33.6. The molecular formula is C100H64N4O2P2. The molecule has 0 aliphatic carbocycles. The number of nitrogens with zero attached hydrogens (tertiary/aromatic N) is 4. The van der Waals surface area contributed by atoms with Gasteiger partial charge < -0.3 is 9.13 Å². The second kappa shape index (κ2) is 25.2. The van der Waals surface area contributed by atoms with E-state index in [1.54, 1.807) is 0 Å². The summed E-state index contributed by atoms with van der Waals surface area (Å²) >= 11 is 0. The summed E-state index contributed by atoms with van der Waals surface area (Å²) in [6.45, 7) is 0. The molecule has 22 rings (SSSR count). The van der Waals surface area contributed by atoms with Crippen molar-refractivity contribution in [1.82, 2.24) is 18.8 Å². The fourth-order valence-electron chi connectivity index (χ4n) is 17.2. The highest BCUT2D eigenvalue weighted by atomic mass is 31.2. The Bertz CT molecular complexity index is 7380. The van der Waals surface area contributed by atoms with Gasteiger partial charge in [0.05, 0.1) is 33.1 Å². The minimum absolute atomic E-state index is 0.836. The highest BCUT2D eigenvalue weighted by molar-refractivity contribution is 7.86. The van der Waals surface area contributed by atoms with Crippen LogP contribution in [-0.2, 0) is 9.13 Å². The Balaban J connectivity index is 0.000000139. The SMILES string of the molecule is O=P(c1ccccc1)(c1ccccc1)c1ccc2ccc3c(-c4ccc(-c5ccc6c7ccccc7n7c8ccccc8nc7c6c5)cc4)ccc4ccc1c2c43.O=P(c1ccccc1)(c1ccccc1)c1cccc2c(-c3ccc(-c4ccc5c6ccccc6n6c7ccccc7nc6c5c4)cc3)cccc12. The van der Waals surface area contributed by atoms with Crippen LogP contribution in [0.2, 0.25) is 0 Å². The molecule has 0 radical (unpaired) electrons. The van der Waals surface area contributed by atoms with Crippen molar-refractivity contribution in [2.75, 3.05) is 0 Å². The third kappa shape index (κ3) is 9.88. The number of fused-ring (bicyclic) bond motifs is 17. The summed E-state index contributed by atoms with van der Waals surface area (Å²) in [6, 6.07) is 135. The molecule has 0 atom stereocenters. The van der Waals surface area contributed by atoms with Crippen LogP contribution in [0.1, 0.15) is 0 Å². The van der Waals surface area contributed by atoms with Crippen LogP contribution in [0.4, 0.5) is 0 Å². The van der Waals surface area contributed by atoms with Crippen molar-refractivity contribution < 1.29 is 9.13 Å². The molecule has 4 heterocycles. The van der Waals surface area contributed by atoms with Crippen LogP contribution >= 0.6 is 14.3 Å². The van der Waals surface area contributed by atoms with Gasteiger partial charge in [0, 0.05) is 53.4 Å². The van der Waals surface area contributed by atoms with E-state index >= 15 is 9.13 Å². The van der Waals surface area contributed by atoms with Crippen LogP contribution < -0.4 is 31.8 Å². The van der Waals surface area contributed by atoms with Gasteiger partial charge in [-0.3, -0.25) is 8.80 Å². The largest absolute Gasteiger partial charge is 0.309 e. The van der Waals surface area contributed by atoms with Gasteiger partial charge in [0.15, 0.2) is 14.3 Å². The average Bonchev–Trinajstić information content (AvgIpc) is 1.20. The predicted molar refractivity (Wildman–Crippen MR) is 457 cm³/mol. The van der Waals surface area contributed by atoms with Gasteiger partial charge in [-0.1, -0.05) is 334 Å². The van der Waals surface area contributed by atoms with E-state index in [2.05, 4.69) is 258 Å². The van der Waals surface area contributed by atoms with Crippen molar-refractivity contribution >= 4 is 166 Å². The van der Waals surface area contributed by atoms with Crippen molar-refractivity contribution in [2.24, 2.45) is 0 Å². The van der Waals surface area contributed by atoms with E-state index in [1.807, 2.05) is 140 Å². The summed E-state index contributed by atoms with van der Waals surface area (Å²) < 4.78 is 35.6. The first-order chi connectivity index (χ1) is 53.3. The number of pyridine rings is 2. The Labute approximate surface area is 622 Å². The van der Waals surface area contributed by atoms with E-state index in [0.29, 0.717) is 0 Å². The number of rotatable bonds is 10. The van der Waals surface area contributed by atoms with Crippen LogP contribution in [0.25, 0.3) is 164 Å². The number of hydrogen-bond donors (Lipinski definition) is 0. The van der Waals surface area contributed by atoms with E-state index in [1.165, 1.54) is 43.3 Å². The lowest BCUT2D eigenvalue weighted by Gasteiger charge is -2.23. The van der Waals surface area contributed by atoms with E-state index < -0.39 is 14.3 Å². The fraction of sp³-hybridized carbons (Fsp3) is 0. The molecule has 0 fully saturated rings. The number of aromatic nitrogens is 4. The average molecular weight is 1420 g/mol. The Morgan fingerprint density at radius 2 is 0.556 bits per heavy atom. The van der Waals surface area contributed by atoms with Gasteiger partial charge in [0.1, 0.15) is 11.3 Å². The van der Waals surface area contributed by atoms with E-state index in [9.17, 15) is 0 Å². The van der Waals surface area contributed by atoms with Gasteiger partial charge in [-0.2, -0.15) is 0 Å². The molecule has 0 unspecified atom stereocenters. The fourth-order valence-corrected chi connectivity index (χ4v) is 22.9. The molecule has 0 amide bonds. The summed E-state index contributed by atoms with van der Waals surface area (Å²) in [4.78, 5) is 10.3. The number of para-hydroxylation sites is 6. The number of imidazole rings is 2. The molecule has 0 aliphatic rings. The van der Waals surface area contributed by atoms with Crippen molar-refractivity contribution in [3.8, 4) is 44.5 Å². The van der Waals surface area contributed by atoms with Gasteiger partial charge in [-0.25, -0.2) is 9.97 Å². The van der Waals surface area contributed by atoms with Gasteiger partial charge >= 0.3 is 0 Å². The Morgan fingerprint density at radius 1 is 0.213 bits per heavy atom. The first-order valence-corrected chi connectivity index (χ1v) is 40.1. The standard InChI is InChI=1S/C53H33N2OP.C47H31N2OP/c56-57(39-11-3-1-4-12-39,40-13-5-2-6-14-40)50-32-27-37-24-30-44-41(28-23-36-25-31-45(50)52(37)51(36)44)35-21-19-34(20-22-35)38-26-29-42-43-15-7-9-17-48(43)55-49-18-10-8-16-47(49)54-53(55)46(42)33-38;50-51(35-13-3-1-4-14-35,36-15-5-2-6-16-36)46-24-12-19-38-37(18-11-20-41(38)46)33-27-25-32(26-28-33)34-29-30-39-40-17-7-9-22-44(40)49-45-23-10-8-21-43(45)48-47(49)42(39)31-34/h1-33H;1-31H. The smallest absolute Gasteiger partial charge is 0.171 e. The molecule has 0 aliphatic heterocycles. The molecule has 108 heavy (non-hydrogen) atoms. The molecular weight excluding hydrogens is 1350 g/mol. The zero-order valence-corrected chi connectivity index (χ0v) is 60.2. The zero-order chi connectivity index (χ0) is 71.6. The third-order valence-electron chi connectivity index (χ3n) is 22.3. The first kappa shape index (κ1) is 63.2. The Morgan fingerprint density at radius 3 is 1.05 bits per heavy atom. The van der Waals surface area contributed by atoms with Crippen LogP contribution in [0.15, 0.2) is 388 Å². The quantitative estimate of drug-likeness (QED) is 0.101. The first-order valence-electron chi connectivity index (χ1n) is 36.6. The monoisotopic (exact) mass is 1410 g/mol. The number of hydrogen-bond acceptors (Lipinski definition) is 4. The van der Waals surface area contributed by atoms with Crippen molar-refractivity contribution in [3.63, 3.8) is 0 Å². The zero-order valence-electron chi connectivity index (χ0n) is 58.5. The maximum absolute atomic E-state index is 15.6. The highest BCUT2D eigenvalue weighted by Crippen LogP contribution is 2.49. The van der Waals surface area contributed by atoms with Gasteiger partial charge in [-0.05, 0) is 153 Å². The minimum atomic E-state index is -3.19. The summed E-state index contributed by atoms with van der Waals surface area (Å²) in [5, 5.41) is 21.2. The van der Waals surface area contributed by atoms with Crippen LogP contribution in [0.3, 0.4) is 0 Å². The Kier molecular flexibility index (Phi) is 14.7. The van der Waals surface area contributed by atoms with Crippen LogP contribution in [-0.4, -0.2) is 18.8 Å². The van der Waals surface area contributed by atoms with E-state index in [0.717, 1.165) is 153 Å². The maximum Gasteiger partial charge on any atom is 0.171 e. The molecule has 0 bridgehead atoms. The highest BCUT2D eigenvalue weighted by Gasteiger charge is 2.34. The summed E-state index contributed by atoms with van der Waals surface area (Å²) in [5.74, 6) is 0. The lowest BCUT2D eigenvalue weighted by atomic mass is 9.89. The summed E-state index contributed by atoms with van der Waals surface area (Å²) in [5.41, 5.74) is 17.7. The van der Waals surface area contributed by atoms with Crippen molar-refractivity contribution in [3.05, 3.63) is 388 Å². The molecule has 0 spiro atoms. The number of benzene rings is 18. The molecule has 18 aromatic carbocycles. The van der Waals surface area contributed by atoms with Gasteiger partial charge in [-0.15, -0.1) is 0 Å². The predicted octanol–water partition coefficient (Wildman–Crippen LogP) is 23.6. The second-order valence-electron chi connectivity index (χ2n) is 28.1. The van der Waals surface area contributed by atoms with Crippen molar-refractivity contribution in [2.45, 2.75) is 0 Å². The molecule has 0 N–H and O–H groups in total. The minimum Gasteiger partial charge on any atom is -0.309 e. The molecule has 0 saturated carbocycles. The third-order valence-corrected chi connectivity index (χ3v) is 28.5. The lowest BCUT2D eigenvalue weighted by Crippen LogP contribution is -2.25. The Hall–Kier alpha value is -13.3. The van der Waals surface area contributed by atoms with Crippen molar-refractivity contribution in [1.29, 1.82) is 0 Å². The van der Waals surface area contributed by atoms with Gasteiger partial charge in [0.25, 0.3) is 0 Å². The molecule has 22 aromatic rings. The molecule has 506 valence electrons. The molecule has 6 nitrogen and oxygen atoms in total. The topological polar surface area (TPSA) is 68.7 Å². The summed E-state index contributed by atoms with van der Waals surface area (Å²) in [6.07, 6.45) is 0. The normalized spacial score (nSPS) is 12.1. The molecule has 4 aromatic heterocycles. The van der Waals surface area contributed by atoms with Crippen LogP contribution in [0.5, 0.6) is 0 Å². The lowest BCUT2D eigenvalue weighted by molar-refractivity contribution is 0.592. The molecule has 8 heteroatoms. The summed E-state index contributed by atoms with van der Waals surface area (Å²) in [7, 11) is -6.35. The van der Waals surface area contributed by atoms with E-state index in [4.69, 9.17) is 9.97 Å². The van der Waals surface area contributed by atoms with Crippen LogP contribution in [0, 0.1) is 0 Å². The molecule has 0 saturated heterocycles. The maximum atomic E-state index is 15.6. The van der Waals surface area contributed by atoms with E-state index in [-0.39, 0.29) is 0 Å².